The van der Waals surface area contributed by atoms with E-state index in [4.69, 9.17) is 14.4 Å². The Morgan fingerprint density at radius 1 is 0.587 bits per heavy atom. The molecule has 0 aliphatic carbocycles. The lowest BCUT2D eigenvalue weighted by molar-refractivity contribution is 0.667. The van der Waals surface area contributed by atoms with Crippen molar-refractivity contribution >= 4 is 43.9 Å². The number of para-hydroxylation sites is 2. The van der Waals surface area contributed by atoms with E-state index in [1.165, 1.54) is 10.8 Å². The summed E-state index contributed by atoms with van der Waals surface area (Å²) >= 11 is 0. The molecule has 3 aromatic heterocycles. The lowest BCUT2D eigenvalue weighted by Gasteiger charge is -2.12. The van der Waals surface area contributed by atoms with Gasteiger partial charge in [0.15, 0.2) is 11.4 Å². The summed E-state index contributed by atoms with van der Waals surface area (Å²) in [7, 11) is 0. The Hall–Kier alpha value is -6.51. The molecule has 5 nitrogen and oxygen atoms in total. The van der Waals surface area contributed by atoms with Crippen LogP contribution in [-0.2, 0) is 0 Å². The van der Waals surface area contributed by atoms with Crippen molar-refractivity contribution < 1.29 is 4.42 Å². The number of nitrogens with zero attached hydrogens (tertiary/aromatic N) is 4. The fourth-order valence-corrected chi connectivity index (χ4v) is 6.60. The van der Waals surface area contributed by atoms with E-state index < -0.39 is 0 Å². The highest BCUT2D eigenvalue weighted by molar-refractivity contribution is 6.14. The minimum atomic E-state index is 0.573. The monoisotopic (exact) mass is 588 g/mol. The van der Waals surface area contributed by atoms with Crippen LogP contribution in [0.3, 0.4) is 0 Å². The summed E-state index contributed by atoms with van der Waals surface area (Å²) < 4.78 is 8.81. The standard InChI is InChI=1S/C41H24N4O/c42-25-26-22-29(24-30(23-26)45-34-19-9-7-16-32(34)33-17-8-10-20-35(33)45)31-18-11-21-36-37(31)39-40(46-36)38(27-12-3-1-4-13-27)43-41(44-39)28-14-5-2-6-15-28/h1-24H. The van der Waals surface area contributed by atoms with E-state index in [1.54, 1.807) is 0 Å². The number of aromatic nitrogens is 3. The number of fused-ring (bicyclic) bond motifs is 6. The Morgan fingerprint density at radius 3 is 1.93 bits per heavy atom. The summed E-state index contributed by atoms with van der Waals surface area (Å²) in [5.74, 6) is 0.626. The maximum absolute atomic E-state index is 10.2. The van der Waals surface area contributed by atoms with E-state index in [9.17, 15) is 5.26 Å². The lowest BCUT2D eigenvalue weighted by atomic mass is 9.98. The van der Waals surface area contributed by atoms with E-state index >= 15 is 0 Å². The van der Waals surface area contributed by atoms with E-state index in [2.05, 4.69) is 71.3 Å². The van der Waals surface area contributed by atoms with Crippen molar-refractivity contribution in [1.82, 2.24) is 14.5 Å². The predicted octanol–water partition coefficient (Wildman–Crippen LogP) is 10.3. The van der Waals surface area contributed by atoms with E-state index in [1.807, 2.05) is 84.9 Å². The number of rotatable bonds is 4. The van der Waals surface area contributed by atoms with Crippen LogP contribution < -0.4 is 0 Å². The topological polar surface area (TPSA) is 67.6 Å². The fourth-order valence-electron chi connectivity index (χ4n) is 6.60. The summed E-state index contributed by atoms with van der Waals surface area (Å²) in [6, 6.07) is 51.4. The van der Waals surface area contributed by atoms with Crippen LogP contribution >= 0.6 is 0 Å². The van der Waals surface area contributed by atoms with Crippen LogP contribution in [-0.4, -0.2) is 14.5 Å². The first-order chi connectivity index (χ1) is 22.8. The maximum atomic E-state index is 10.2. The average Bonchev–Trinajstić information content (AvgIpc) is 3.68. The first kappa shape index (κ1) is 25.9. The Morgan fingerprint density at radius 2 is 1.24 bits per heavy atom. The van der Waals surface area contributed by atoms with Gasteiger partial charge in [-0.1, -0.05) is 109 Å². The molecule has 0 saturated carbocycles. The molecule has 5 heteroatoms. The molecule has 0 spiro atoms. The van der Waals surface area contributed by atoms with Crippen molar-refractivity contribution in [2.75, 3.05) is 0 Å². The minimum absolute atomic E-state index is 0.573. The van der Waals surface area contributed by atoms with Crippen LogP contribution in [0.5, 0.6) is 0 Å². The molecule has 0 fully saturated rings. The molecule has 0 saturated heterocycles. The molecule has 9 rings (SSSR count). The Bertz CT molecular complexity index is 2590. The summed E-state index contributed by atoms with van der Waals surface area (Å²) in [6.45, 7) is 0. The SMILES string of the molecule is N#Cc1cc(-c2cccc3oc4c(-c5ccccc5)nc(-c5ccccc5)nc4c23)cc(-n2c3ccccc3c3ccccc32)c1. The molecule has 0 amide bonds. The number of hydrogen-bond donors (Lipinski definition) is 0. The third kappa shape index (κ3) is 4.02. The zero-order valence-corrected chi connectivity index (χ0v) is 24.6. The third-order valence-electron chi connectivity index (χ3n) is 8.62. The van der Waals surface area contributed by atoms with Crippen LogP contribution in [0, 0.1) is 11.3 Å². The van der Waals surface area contributed by atoms with E-state index in [0.717, 1.165) is 55.6 Å². The first-order valence-electron chi connectivity index (χ1n) is 15.1. The van der Waals surface area contributed by atoms with Gasteiger partial charge in [0.1, 0.15) is 16.8 Å². The van der Waals surface area contributed by atoms with Gasteiger partial charge in [-0.3, -0.25) is 0 Å². The summed E-state index contributed by atoms with van der Waals surface area (Å²) in [6.07, 6.45) is 0. The highest BCUT2D eigenvalue weighted by atomic mass is 16.3. The second-order valence-electron chi connectivity index (χ2n) is 11.3. The van der Waals surface area contributed by atoms with Gasteiger partial charge in [0.25, 0.3) is 0 Å². The summed E-state index contributed by atoms with van der Waals surface area (Å²) in [5.41, 5.74) is 10.2. The Kier molecular flexibility index (Phi) is 5.81. The van der Waals surface area contributed by atoms with Gasteiger partial charge in [-0.25, -0.2) is 9.97 Å². The zero-order chi connectivity index (χ0) is 30.6. The molecule has 3 heterocycles. The van der Waals surface area contributed by atoms with Crippen LogP contribution in [0.15, 0.2) is 150 Å². The summed E-state index contributed by atoms with van der Waals surface area (Å²) in [4.78, 5) is 10.1. The largest absolute Gasteiger partial charge is 0.452 e. The molecule has 46 heavy (non-hydrogen) atoms. The quantitative estimate of drug-likeness (QED) is 0.205. The lowest BCUT2D eigenvalue weighted by Crippen LogP contribution is -1.96. The van der Waals surface area contributed by atoms with Gasteiger partial charge in [-0.05, 0) is 47.5 Å². The maximum Gasteiger partial charge on any atom is 0.180 e. The second kappa shape index (κ2) is 10.3. The fraction of sp³-hybridized carbons (Fsp3) is 0. The Balaban J connectivity index is 1.35. The molecule has 0 aliphatic rings. The van der Waals surface area contributed by atoms with Crippen molar-refractivity contribution in [2.45, 2.75) is 0 Å². The predicted molar refractivity (Wildman–Crippen MR) is 185 cm³/mol. The van der Waals surface area contributed by atoms with Crippen LogP contribution in [0.25, 0.3) is 83.3 Å². The molecule has 0 aliphatic heterocycles. The first-order valence-corrected chi connectivity index (χ1v) is 15.1. The second-order valence-corrected chi connectivity index (χ2v) is 11.3. The zero-order valence-electron chi connectivity index (χ0n) is 24.6. The number of furan rings is 1. The number of nitriles is 1. The summed E-state index contributed by atoms with van der Waals surface area (Å²) in [5, 5.41) is 13.5. The third-order valence-corrected chi connectivity index (χ3v) is 8.62. The molecular formula is C41H24N4O. The van der Waals surface area contributed by atoms with Gasteiger partial charge < -0.3 is 8.98 Å². The van der Waals surface area contributed by atoms with Crippen molar-refractivity contribution in [3.63, 3.8) is 0 Å². The molecule has 6 aromatic carbocycles. The molecule has 9 aromatic rings. The highest BCUT2D eigenvalue weighted by Crippen LogP contribution is 2.41. The normalized spacial score (nSPS) is 11.5. The van der Waals surface area contributed by atoms with Gasteiger partial charge in [0, 0.05) is 27.6 Å². The molecule has 0 N–H and O–H groups in total. The van der Waals surface area contributed by atoms with Crippen molar-refractivity contribution in [2.24, 2.45) is 0 Å². The van der Waals surface area contributed by atoms with Gasteiger partial charge in [-0.15, -0.1) is 0 Å². The van der Waals surface area contributed by atoms with E-state index in [0.29, 0.717) is 22.6 Å². The molecule has 0 atom stereocenters. The molecular weight excluding hydrogens is 564 g/mol. The van der Waals surface area contributed by atoms with Gasteiger partial charge >= 0.3 is 0 Å². The van der Waals surface area contributed by atoms with Crippen LogP contribution in [0.1, 0.15) is 5.56 Å². The number of hydrogen-bond acceptors (Lipinski definition) is 4. The minimum Gasteiger partial charge on any atom is -0.452 e. The van der Waals surface area contributed by atoms with Gasteiger partial charge in [0.05, 0.1) is 28.1 Å². The van der Waals surface area contributed by atoms with Crippen molar-refractivity contribution in [3.05, 3.63) is 151 Å². The van der Waals surface area contributed by atoms with Crippen LogP contribution in [0.2, 0.25) is 0 Å². The van der Waals surface area contributed by atoms with Crippen LogP contribution in [0.4, 0.5) is 0 Å². The Labute approximate surface area is 264 Å². The highest BCUT2D eigenvalue weighted by Gasteiger charge is 2.21. The molecule has 0 unspecified atom stereocenters. The molecule has 214 valence electrons. The van der Waals surface area contributed by atoms with Gasteiger partial charge in [-0.2, -0.15) is 5.26 Å². The molecule has 0 radical (unpaired) electrons. The van der Waals surface area contributed by atoms with Gasteiger partial charge in [0.2, 0.25) is 0 Å². The van der Waals surface area contributed by atoms with Crippen molar-refractivity contribution in [1.29, 1.82) is 5.26 Å². The smallest absolute Gasteiger partial charge is 0.180 e. The average molecular weight is 589 g/mol. The van der Waals surface area contributed by atoms with E-state index in [-0.39, 0.29) is 0 Å². The molecule has 0 bridgehead atoms. The van der Waals surface area contributed by atoms with Crippen molar-refractivity contribution in [3.8, 4) is 45.5 Å². The number of benzene rings is 6.